The zero-order valence-electron chi connectivity index (χ0n) is 9.05. The Kier molecular flexibility index (Phi) is 3.93. The van der Waals surface area contributed by atoms with Crippen LogP contribution >= 0.6 is 0 Å². The number of rotatable bonds is 3. The number of carbonyl (C=O) groups excluding carboxylic acids is 1. The summed E-state index contributed by atoms with van der Waals surface area (Å²) in [6.45, 7) is 6.03. The van der Waals surface area contributed by atoms with Crippen molar-refractivity contribution in [3.63, 3.8) is 0 Å². The van der Waals surface area contributed by atoms with E-state index in [1.165, 1.54) is 5.47 Å². The summed E-state index contributed by atoms with van der Waals surface area (Å²) < 4.78 is 0. The molecule has 0 radical (unpaired) electrons. The van der Waals surface area contributed by atoms with E-state index in [4.69, 9.17) is 0 Å². The van der Waals surface area contributed by atoms with Crippen molar-refractivity contribution in [3.05, 3.63) is 35.9 Å². The van der Waals surface area contributed by atoms with Gasteiger partial charge in [-0.15, -0.1) is 0 Å². The van der Waals surface area contributed by atoms with Crippen molar-refractivity contribution in [2.45, 2.75) is 26.2 Å². The topological polar surface area (TPSA) is 17.1 Å². The van der Waals surface area contributed by atoms with Gasteiger partial charge < -0.3 is 0 Å². The smallest absolute Gasteiger partial charge is 0.139 e. The standard InChI is InChI=1S/C12H17BO/c1-3-4-11(13)7-9(2)10-5-6-12(14)8-10/h3-4,7,10H,2,5-6,8,13H2,1H3/b4-3-,11-7+/t10-/m1/s1. The molecule has 14 heavy (non-hydrogen) atoms. The number of carbonyl (C=O) groups is 1. The van der Waals surface area contributed by atoms with E-state index in [1.807, 2.05) is 13.0 Å². The third-order valence-electron chi connectivity index (χ3n) is 2.61. The van der Waals surface area contributed by atoms with Crippen LogP contribution in [0.15, 0.2) is 35.9 Å². The van der Waals surface area contributed by atoms with Gasteiger partial charge in [0.15, 0.2) is 0 Å². The Morgan fingerprint density at radius 3 is 2.86 bits per heavy atom. The van der Waals surface area contributed by atoms with E-state index in [1.54, 1.807) is 0 Å². The van der Waals surface area contributed by atoms with Gasteiger partial charge in [0.1, 0.15) is 13.6 Å². The highest BCUT2D eigenvalue weighted by molar-refractivity contribution is 6.23. The summed E-state index contributed by atoms with van der Waals surface area (Å²) in [5, 5.41) is 0. The highest BCUT2D eigenvalue weighted by Gasteiger charge is 2.22. The number of ketones is 1. The fourth-order valence-corrected chi connectivity index (χ4v) is 1.85. The van der Waals surface area contributed by atoms with E-state index in [9.17, 15) is 4.79 Å². The van der Waals surface area contributed by atoms with E-state index < -0.39 is 0 Å². The van der Waals surface area contributed by atoms with Gasteiger partial charge in [0.25, 0.3) is 0 Å². The summed E-state index contributed by atoms with van der Waals surface area (Å²) in [7, 11) is 2.06. The first-order valence-corrected chi connectivity index (χ1v) is 5.15. The predicted octanol–water partition coefficient (Wildman–Crippen LogP) is 2.00. The van der Waals surface area contributed by atoms with Gasteiger partial charge in [0.05, 0.1) is 0 Å². The van der Waals surface area contributed by atoms with Crippen molar-refractivity contribution in [2.75, 3.05) is 0 Å². The minimum Gasteiger partial charge on any atom is -0.300 e. The van der Waals surface area contributed by atoms with Crippen molar-refractivity contribution in [1.29, 1.82) is 0 Å². The SMILES string of the molecule is BC(/C=C\C)=C/C(=C)[C@@H]1CCC(=O)C1. The van der Waals surface area contributed by atoms with Crippen LogP contribution in [0.2, 0.25) is 0 Å². The molecule has 0 spiro atoms. The van der Waals surface area contributed by atoms with Crippen molar-refractivity contribution >= 4 is 13.6 Å². The van der Waals surface area contributed by atoms with E-state index in [0.29, 0.717) is 18.1 Å². The van der Waals surface area contributed by atoms with E-state index in [-0.39, 0.29) is 0 Å². The third-order valence-corrected chi connectivity index (χ3v) is 2.61. The molecule has 0 bridgehead atoms. The van der Waals surface area contributed by atoms with E-state index >= 15 is 0 Å². The van der Waals surface area contributed by atoms with Crippen LogP contribution in [0.4, 0.5) is 0 Å². The molecule has 0 amide bonds. The Bertz CT molecular complexity index is 299. The average molecular weight is 188 g/mol. The largest absolute Gasteiger partial charge is 0.300 e. The lowest BCUT2D eigenvalue weighted by Crippen LogP contribution is -1.97. The molecule has 1 aliphatic rings. The summed E-state index contributed by atoms with van der Waals surface area (Å²) in [5.74, 6) is 0.774. The highest BCUT2D eigenvalue weighted by Crippen LogP contribution is 2.28. The zero-order chi connectivity index (χ0) is 10.6. The third kappa shape index (κ3) is 3.02. The lowest BCUT2D eigenvalue weighted by Gasteiger charge is -2.08. The molecule has 1 saturated carbocycles. The minimum absolute atomic E-state index is 0.383. The zero-order valence-corrected chi connectivity index (χ0v) is 9.05. The molecule has 1 aliphatic carbocycles. The molecule has 0 N–H and O–H groups in total. The highest BCUT2D eigenvalue weighted by atomic mass is 16.1. The van der Waals surface area contributed by atoms with Crippen LogP contribution in [0, 0.1) is 5.92 Å². The molecule has 0 heterocycles. The molecule has 2 heteroatoms. The van der Waals surface area contributed by atoms with Crippen LogP contribution < -0.4 is 0 Å². The van der Waals surface area contributed by atoms with Crippen molar-refractivity contribution in [1.82, 2.24) is 0 Å². The molecule has 1 nitrogen and oxygen atoms in total. The maximum Gasteiger partial charge on any atom is 0.139 e. The van der Waals surface area contributed by atoms with Gasteiger partial charge in [-0.1, -0.05) is 35.9 Å². The first-order chi connectivity index (χ1) is 6.63. The summed E-state index contributed by atoms with van der Waals surface area (Å²) in [6.07, 6.45) is 8.57. The summed E-state index contributed by atoms with van der Waals surface area (Å²) >= 11 is 0. The maximum atomic E-state index is 11.1. The Labute approximate surface area is 87.0 Å². The van der Waals surface area contributed by atoms with Crippen molar-refractivity contribution in [2.24, 2.45) is 5.92 Å². The molecule has 1 atom stereocenters. The Hall–Kier alpha value is -1.05. The molecule has 0 aromatic carbocycles. The first kappa shape index (κ1) is 11.0. The van der Waals surface area contributed by atoms with Gasteiger partial charge in [-0.2, -0.15) is 0 Å². The number of hydrogen-bond acceptors (Lipinski definition) is 1. The number of Topliss-reactive ketones (excluding diaryl/α,β-unsaturated/α-hetero) is 1. The van der Waals surface area contributed by atoms with Gasteiger partial charge in [0, 0.05) is 12.8 Å². The number of allylic oxidation sites excluding steroid dienone is 5. The van der Waals surface area contributed by atoms with Gasteiger partial charge in [-0.25, -0.2) is 0 Å². The molecule has 0 saturated heterocycles. The van der Waals surface area contributed by atoms with Crippen LogP contribution in [-0.4, -0.2) is 13.6 Å². The Morgan fingerprint density at radius 1 is 1.64 bits per heavy atom. The van der Waals surface area contributed by atoms with Crippen molar-refractivity contribution in [3.8, 4) is 0 Å². The minimum atomic E-state index is 0.383. The fourth-order valence-electron chi connectivity index (χ4n) is 1.85. The molecule has 74 valence electrons. The second-order valence-electron chi connectivity index (χ2n) is 3.94. The quantitative estimate of drug-likeness (QED) is 0.489. The van der Waals surface area contributed by atoms with Crippen LogP contribution in [0.25, 0.3) is 0 Å². The van der Waals surface area contributed by atoms with E-state index in [2.05, 4.69) is 26.6 Å². The van der Waals surface area contributed by atoms with Crippen LogP contribution in [0.3, 0.4) is 0 Å². The number of hydrogen-bond donors (Lipinski definition) is 0. The van der Waals surface area contributed by atoms with E-state index in [0.717, 1.165) is 18.4 Å². The first-order valence-electron chi connectivity index (χ1n) is 5.15. The molecule has 0 aromatic rings. The van der Waals surface area contributed by atoms with Crippen LogP contribution in [-0.2, 0) is 4.79 Å². The Morgan fingerprint density at radius 2 is 2.36 bits per heavy atom. The summed E-state index contributed by atoms with van der Waals surface area (Å²) in [6, 6.07) is 0. The molecule has 1 rings (SSSR count). The molecular formula is C12H17BO. The van der Waals surface area contributed by atoms with Gasteiger partial charge in [0.2, 0.25) is 0 Å². The lowest BCUT2D eigenvalue weighted by atomic mass is 9.89. The Balaban J connectivity index is 2.58. The normalized spacial score (nSPS) is 23.4. The summed E-state index contributed by atoms with van der Waals surface area (Å²) in [4.78, 5) is 11.1. The van der Waals surface area contributed by atoms with Crippen molar-refractivity contribution < 1.29 is 4.79 Å². The molecule has 0 aliphatic heterocycles. The fraction of sp³-hybridized carbons (Fsp3) is 0.417. The summed E-state index contributed by atoms with van der Waals surface area (Å²) in [5.41, 5.74) is 2.31. The second kappa shape index (κ2) is 4.99. The van der Waals surface area contributed by atoms with Gasteiger partial charge in [-0.3, -0.25) is 4.79 Å². The molecule has 0 unspecified atom stereocenters. The lowest BCUT2D eigenvalue weighted by molar-refractivity contribution is -0.117. The van der Waals surface area contributed by atoms with Gasteiger partial charge in [-0.05, 0) is 19.3 Å². The second-order valence-corrected chi connectivity index (χ2v) is 3.94. The maximum absolute atomic E-state index is 11.1. The predicted molar refractivity (Wildman–Crippen MR) is 62.9 cm³/mol. The van der Waals surface area contributed by atoms with Crippen LogP contribution in [0.1, 0.15) is 26.2 Å². The monoisotopic (exact) mass is 188 g/mol. The average Bonchev–Trinajstić information content (AvgIpc) is 2.52. The molecule has 0 aromatic heterocycles. The van der Waals surface area contributed by atoms with Gasteiger partial charge >= 0.3 is 0 Å². The van der Waals surface area contributed by atoms with Crippen LogP contribution in [0.5, 0.6) is 0 Å². The molecule has 1 fully saturated rings. The molecular weight excluding hydrogens is 171 g/mol.